The monoisotopic (exact) mass is 396 g/mol. The van der Waals surface area contributed by atoms with Crippen LogP contribution in [0.1, 0.15) is 16.8 Å². The summed E-state index contributed by atoms with van der Waals surface area (Å²) in [5.41, 5.74) is 0.200. The Labute approximate surface area is 160 Å². The fourth-order valence-corrected chi connectivity index (χ4v) is 4.94. The molecule has 0 radical (unpaired) electrons. The van der Waals surface area contributed by atoms with Crippen molar-refractivity contribution in [3.63, 3.8) is 0 Å². The first-order chi connectivity index (χ1) is 13.1. The Kier molecular flexibility index (Phi) is 7.20. The molecule has 2 aliphatic rings. The number of hydrogen-bond acceptors (Lipinski definition) is 6. The van der Waals surface area contributed by atoms with Crippen LogP contribution in [0.25, 0.3) is 0 Å². The van der Waals surface area contributed by atoms with Crippen LogP contribution >= 0.6 is 0 Å². The highest BCUT2D eigenvalue weighted by atomic mass is 32.2. The lowest BCUT2D eigenvalue weighted by molar-refractivity contribution is 0.0730. The number of benzene rings is 1. The maximum Gasteiger partial charge on any atom is 0.252 e. The van der Waals surface area contributed by atoms with Gasteiger partial charge in [-0.15, -0.1) is 0 Å². The summed E-state index contributed by atoms with van der Waals surface area (Å²) >= 11 is 0. The number of morpholine rings is 1. The van der Waals surface area contributed by atoms with Crippen LogP contribution in [0.15, 0.2) is 29.2 Å². The van der Waals surface area contributed by atoms with Gasteiger partial charge in [-0.3, -0.25) is 4.79 Å². The van der Waals surface area contributed by atoms with E-state index in [4.69, 9.17) is 4.74 Å². The van der Waals surface area contributed by atoms with Gasteiger partial charge in [0.1, 0.15) is 0 Å². The molecule has 0 saturated carbocycles. The van der Waals surface area contributed by atoms with Gasteiger partial charge in [0.15, 0.2) is 0 Å². The number of carbonyl (C=O) groups excluding carboxylic acids is 1. The number of rotatable bonds is 7. The number of carbonyl (C=O) groups is 1. The molecule has 9 heteroatoms. The van der Waals surface area contributed by atoms with Crippen LogP contribution in [0, 0.1) is 0 Å². The Bertz CT molecular complexity index is 729. The average molecular weight is 397 g/mol. The molecule has 2 fully saturated rings. The highest BCUT2D eigenvalue weighted by Crippen LogP contribution is 2.21. The molecule has 150 valence electrons. The Balaban J connectivity index is 1.59. The van der Waals surface area contributed by atoms with Crippen molar-refractivity contribution >= 4 is 15.9 Å². The van der Waals surface area contributed by atoms with Crippen LogP contribution in [-0.2, 0) is 14.8 Å². The summed E-state index contributed by atoms with van der Waals surface area (Å²) in [6, 6.07) is 6.40. The minimum absolute atomic E-state index is 0.0616. The molecule has 2 N–H and O–H groups in total. The third-order valence-electron chi connectivity index (χ3n) is 4.87. The van der Waals surface area contributed by atoms with Crippen molar-refractivity contribution in [1.82, 2.24) is 19.8 Å². The molecule has 2 heterocycles. The molecule has 2 saturated heterocycles. The van der Waals surface area contributed by atoms with Crippen LogP contribution in [0.3, 0.4) is 0 Å². The average Bonchev–Trinajstić information content (AvgIpc) is 2.72. The molecule has 0 unspecified atom stereocenters. The van der Waals surface area contributed by atoms with Gasteiger partial charge in [0, 0.05) is 45.8 Å². The minimum Gasteiger partial charge on any atom is -0.379 e. The number of nitrogens with one attached hydrogen (secondary N) is 2. The van der Waals surface area contributed by atoms with E-state index in [0.717, 1.165) is 39.1 Å². The molecule has 1 amide bonds. The number of nitrogens with zero attached hydrogens (tertiary/aromatic N) is 2. The van der Waals surface area contributed by atoms with Gasteiger partial charge in [0.2, 0.25) is 10.0 Å². The van der Waals surface area contributed by atoms with Crippen LogP contribution in [-0.4, -0.2) is 89.1 Å². The van der Waals surface area contributed by atoms with Gasteiger partial charge in [-0.1, -0.05) is 12.1 Å². The van der Waals surface area contributed by atoms with Gasteiger partial charge in [0.05, 0.1) is 23.7 Å². The standard InChI is InChI=1S/C18H28N4O4S/c23-18(20-6-3-9-21-10-7-19-8-11-21)16-4-1-2-5-17(16)27(24,25)22-12-14-26-15-13-22/h1-2,4-5,19H,3,6-15H2,(H,20,23). The van der Waals surface area contributed by atoms with Gasteiger partial charge < -0.3 is 20.3 Å². The van der Waals surface area contributed by atoms with Gasteiger partial charge in [0.25, 0.3) is 5.91 Å². The molecule has 0 aromatic heterocycles. The van der Waals surface area contributed by atoms with E-state index in [-0.39, 0.29) is 16.4 Å². The van der Waals surface area contributed by atoms with Gasteiger partial charge in [-0.2, -0.15) is 4.31 Å². The van der Waals surface area contributed by atoms with Crippen molar-refractivity contribution in [1.29, 1.82) is 0 Å². The van der Waals surface area contributed by atoms with Gasteiger partial charge >= 0.3 is 0 Å². The summed E-state index contributed by atoms with van der Waals surface area (Å²) < 4.78 is 32.5. The van der Waals surface area contributed by atoms with E-state index in [0.29, 0.717) is 32.8 Å². The summed E-state index contributed by atoms with van der Waals surface area (Å²) in [4.78, 5) is 15.0. The fourth-order valence-electron chi connectivity index (χ4n) is 3.34. The zero-order valence-electron chi connectivity index (χ0n) is 15.5. The Hall–Kier alpha value is -1.52. The summed E-state index contributed by atoms with van der Waals surface area (Å²) in [6.07, 6.45) is 0.837. The van der Waals surface area contributed by atoms with E-state index in [1.54, 1.807) is 18.2 Å². The third-order valence-corrected chi connectivity index (χ3v) is 6.82. The lowest BCUT2D eigenvalue weighted by atomic mass is 10.2. The van der Waals surface area contributed by atoms with Crippen molar-refractivity contribution in [3.8, 4) is 0 Å². The second kappa shape index (κ2) is 9.61. The van der Waals surface area contributed by atoms with E-state index in [1.807, 2.05) is 0 Å². The second-order valence-electron chi connectivity index (χ2n) is 6.71. The lowest BCUT2D eigenvalue weighted by Crippen LogP contribution is -2.44. The maximum absolute atomic E-state index is 12.9. The molecule has 1 aromatic carbocycles. The van der Waals surface area contributed by atoms with Crippen LogP contribution in [0.4, 0.5) is 0 Å². The highest BCUT2D eigenvalue weighted by molar-refractivity contribution is 7.89. The molecule has 0 bridgehead atoms. The van der Waals surface area contributed by atoms with E-state index >= 15 is 0 Å². The molecule has 1 aromatic rings. The number of piperazine rings is 1. The van der Waals surface area contributed by atoms with Crippen molar-refractivity contribution in [2.24, 2.45) is 0 Å². The van der Waals surface area contributed by atoms with Crippen molar-refractivity contribution in [2.75, 3.05) is 65.6 Å². The first-order valence-electron chi connectivity index (χ1n) is 9.47. The zero-order valence-corrected chi connectivity index (χ0v) is 16.3. The maximum atomic E-state index is 12.9. The van der Waals surface area contributed by atoms with E-state index in [9.17, 15) is 13.2 Å². The number of amides is 1. The highest BCUT2D eigenvalue weighted by Gasteiger charge is 2.29. The first kappa shape index (κ1) is 20.2. The molecule has 8 nitrogen and oxygen atoms in total. The van der Waals surface area contributed by atoms with E-state index < -0.39 is 10.0 Å². The molecule has 0 atom stereocenters. The summed E-state index contributed by atoms with van der Waals surface area (Å²) in [5, 5.41) is 6.18. The number of sulfonamides is 1. The number of ether oxygens (including phenoxy) is 1. The molecule has 27 heavy (non-hydrogen) atoms. The predicted octanol–water partition coefficient (Wildman–Crippen LogP) is -0.267. The summed E-state index contributed by atoms with van der Waals surface area (Å²) in [5.74, 6) is -0.345. The van der Waals surface area contributed by atoms with Crippen molar-refractivity contribution < 1.29 is 17.9 Å². The van der Waals surface area contributed by atoms with Crippen LogP contribution < -0.4 is 10.6 Å². The Morgan fingerprint density at radius 1 is 1.11 bits per heavy atom. The van der Waals surface area contributed by atoms with E-state index in [2.05, 4.69) is 15.5 Å². The molecule has 2 aliphatic heterocycles. The minimum atomic E-state index is -3.71. The topological polar surface area (TPSA) is 91.0 Å². The second-order valence-corrected chi connectivity index (χ2v) is 8.62. The smallest absolute Gasteiger partial charge is 0.252 e. The van der Waals surface area contributed by atoms with Gasteiger partial charge in [-0.25, -0.2) is 8.42 Å². The summed E-state index contributed by atoms with van der Waals surface area (Å²) in [7, 11) is -3.71. The molecular weight excluding hydrogens is 368 g/mol. The largest absolute Gasteiger partial charge is 0.379 e. The van der Waals surface area contributed by atoms with Crippen LogP contribution in [0.5, 0.6) is 0 Å². The van der Waals surface area contributed by atoms with Gasteiger partial charge in [-0.05, 0) is 25.1 Å². The normalized spacial score (nSPS) is 19.7. The summed E-state index contributed by atoms with van der Waals surface area (Å²) in [6.45, 7) is 6.86. The molecule has 0 aliphatic carbocycles. The van der Waals surface area contributed by atoms with Crippen LogP contribution in [0.2, 0.25) is 0 Å². The van der Waals surface area contributed by atoms with Crippen molar-refractivity contribution in [2.45, 2.75) is 11.3 Å². The van der Waals surface area contributed by atoms with E-state index in [1.165, 1.54) is 10.4 Å². The SMILES string of the molecule is O=C(NCCCN1CCNCC1)c1ccccc1S(=O)(=O)N1CCOCC1. The number of hydrogen-bond donors (Lipinski definition) is 2. The zero-order chi connectivity index (χ0) is 19.1. The lowest BCUT2D eigenvalue weighted by Gasteiger charge is -2.27. The Morgan fingerprint density at radius 3 is 2.56 bits per heavy atom. The molecule has 0 spiro atoms. The molecule has 3 rings (SSSR count). The first-order valence-corrected chi connectivity index (χ1v) is 10.9. The third kappa shape index (κ3) is 5.26. The predicted molar refractivity (Wildman–Crippen MR) is 102 cm³/mol. The van der Waals surface area contributed by atoms with Crippen molar-refractivity contribution in [3.05, 3.63) is 29.8 Å². The quantitative estimate of drug-likeness (QED) is 0.617. The fraction of sp³-hybridized carbons (Fsp3) is 0.611. The molecular formula is C18H28N4O4S. The Morgan fingerprint density at radius 2 is 1.81 bits per heavy atom.